The fourth-order valence-electron chi connectivity index (χ4n) is 2.06. The minimum atomic E-state index is -2.80. The van der Waals surface area contributed by atoms with Crippen molar-refractivity contribution < 1.29 is 8.42 Å². The fraction of sp³-hybridized carbons (Fsp3) is 0.615. The Morgan fingerprint density at radius 1 is 1.32 bits per heavy atom. The molecule has 1 aromatic rings. The van der Waals surface area contributed by atoms with Crippen molar-refractivity contribution in [1.29, 1.82) is 0 Å². The van der Waals surface area contributed by atoms with E-state index in [1.165, 1.54) is 0 Å². The standard InChI is InChI=1S/C13H21N3O2S/c1-2-6-14-13-5-3-4-12(15-13)11-16-7-9-19(17,18)10-8-16/h3-5H,2,6-11H2,1H3,(H,14,15). The Hall–Kier alpha value is -1.14. The number of pyridine rings is 1. The lowest BCUT2D eigenvalue weighted by Crippen LogP contribution is -2.39. The van der Waals surface area contributed by atoms with Crippen LogP contribution in [0.5, 0.6) is 0 Å². The van der Waals surface area contributed by atoms with Crippen molar-refractivity contribution in [1.82, 2.24) is 9.88 Å². The molecule has 19 heavy (non-hydrogen) atoms. The third-order valence-electron chi connectivity index (χ3n) is 3.19. The van der Waals surface area contributed by atoms with Crippen LogP contribution < -0.4 is 5.32 Å². The van der Waals surface area contributed by atoms with Gasteiger partial charge in [0.15, 0.2) is 9.84 Å². The Morgan fingerprint density at radius 3 is 2.74 bits per heavy atom. The average Bonchev–Trinajstić information content (AvgIpc) is 2.39. The molecule has 0 radical (unpaired) electrons. The average molecular weight is 283 g/mol. The predicted molar refractivity (Wildman–Crippen MR) is 76.9 cm³/mol. The van der Waals surface area contributed by atoms with E-state index >= 15 is 0 Å². The Bertz CT molecular complexity index is 502. The summed E-state index contributed by atoms with van der Waals surface area (Å²) in [4.78, 5) is 6.68. The first-order valence-corrected chi connectivity index (χ1v) is 8.54. The van der Waals surface area contributed by atoms with Gasteiger partial charge in [0.1, 0.15) is 5.82 Å². The van der Waals surface area contributed by atoms with E-state index in [1.54, 1.807) is 0 Å². The summed E-state index contributed by atoms with van der Waals surface area (Å²) >= 11 is 0. The topological polar surface area (TPSA) is 62.3 Å². The molecule has 106 valence electrons. The van der Waals surface area contributed by atoms with Gasteiger partial charge < -0.3 is 5.32 Å². The molecule has 0 aromatic carbocycles. The van der Waals surface area contributed by atoms with Gasteiger partial charge in [-0.15, -0.1) is 0 Å². The van der Waals surface area contributed by atoms with Gasteiger partial charge >= 0.3 is 0 Å². The maximum absolute atomic E-state index is 11.4. The molecule has 1 aliphatic heterocycles. The number of nitrogens with zero attached hydrogens (tertiary/aromatic N) is 2. The molecule has 0 atom stereocenters. The molecule has 1 N–H and O–H groups in total. The van der Waals surface area contributed by atoms with Crippen LogP contribution in [-0.2, 0) is 16.4 Å². The lowest BCUT2D eigenvalue weighted by molar-refractivity contribution is 0.284. The highest BCUT2D eigenvalue weighted by Crippen LogP contribution is 2.10. The van der Waals surface area contributed by atoms with Gasteiger partial charge in [-0.05, 0) is 18.6 Å². The normalized spacial score (nSPS) is 19.2. The van der Waals surface area contributed by atoms with Crippen molar-refractivity contribution >= 4 is 15.7 Å². The first-order valence-electron chi connectivity index (χ1n) is 6.71. The van der Waals surface area contributed by atoms with Crippen LogP contribution in [0.3, 0.4) is 0 Å². The fourth-order valence-corrected chi connectivity index (χ4v) is 3.33. The smallest absolute Gasteiger partial charge is 0.152 e. The monoisotopic (exact) mass is 283 g/mol. The van der Waals surface area contributed by atoms with Crippen molar-refractivity contribution in [2.75, 3.05) is 36.5 Å². The predicted octanol–water partition coefficient (Wildman–Crippen LogP) is 1.13. The third-order valence-corrected chi connectivity index (χ3v) is 4.79. The maximum Gasteiger partial charge on any atom is 0.152 e. The van der Waals surface area contributed by atoms with Gasteiger partial charge in [0.05, 0.1) is 17.2 Å². The lowest BCUT2D eigenvalue weighted by Gasteiger charge is -2.26. The zero-order chi connectivity index (χ0) is 13.7. The van der Waals surface area contributed by atoms with E-state index in [-0.39, 0.29) is 11.5 Å². The van der Waals surface area contributed by atoms with Crippen LogP contribution >= 0.6 is 0 Å². The van der Waals surface area contributed by atoms with Crippen LogP contribution in [0.1, 0.15) is 19.0 Å². The minimum Gasteiger partial charge on any atom is -0.370 e. The van der Waals surface area contributed by atoms with Gasteiger partial charge in [0, 0.05) is 26.2 Å². The molecule has 0 amide bonds. The molecule has 6 heteroatoms. The third kappa shape index (κ3) is 4.47. The van der Waals surface area contributed by atoms with Crippen LogP contribution in [0.15, 0.2) is 18.2 Å². The molecule has 0 saturated carbocycles. The summed E-state index contributed by atoms with van der Waals surface area (Å²) in [5.74, 6) is 1.42. The first-order chi connectivity index (χ1) is 9.09. The summed E-state index contributed by atoms with van der Waals surface area (Å²) in [5.41, 5.74) is 0.986. The highest BCUT2D eigenvalue weighted by Gasteiger charge is 2.21. The SMILES string of the molecule is CCCNc1cccc(CN2CCS(=O)(=O)CC2)n1. The second kappa shape index (κ2) is 6.34. The van der Waals surface area contributed by atoms with E-state index < -0.39 is 9.84 Å². The molecule has 0 aliphatic carbocycles. The molecular weight excluding hydrogens is 262 g/mol. The number of hydrogen-bond donors (Lipinski definition) is 1. The summed E-state index contributed by atoms with van der Waals surface area (Å²) in [6.45, 7) is 4.97. The van der Waals surface area contributed by atoms with Crippen LogP contribution in [0.4, 0.5) is 5.82 Å². The van der Waals surface area contributed by atoms with Crippen molar-refractivity contribution in [2.24, 2.45) is 0 Å². The van der Waals surface area contributed by atoms with Gasteiger partial charge in [-0.1, -0.05) is 13.0 Å². The van der Waals surface area contributed by atoms with E-state index in [9.17, 15) is 8.42 Å². The number of sulfone groups is 1. The number of nitrogens with one attached hydrogen (secondary N) is 1. The molecule has 0 unspecified atom stereocenters. The summed E-state index contributed by atoms with van der Waals surface area (Å²) in [7, 11) is -2.80. The summed E-state index contributed by atoms with van der Waals surface area (Å²) in [6.07, 6.45) is 1.07. The van der Waals surface area contributed by atoms with Crippen molar-refractivity contribution in [3.8, 4) is 0 Å². The largest absolute Gasteiger partial charge is 0.370 e. The second-order valence-electron chi connectivity index (χ2n) is 4.87. The molecular formula is C13H21N3O2S. The highest BCUT2D eigenvalue weighted by atomic mass is 32.2. The second-order valence-corrected chi connectivity index (χ2v) is 7.17. The molecule has 1 aromatic heterocycles. The Labute approximate surface area is 114 Å². The maximum atomic E-state index is 11.4. The Morgan fingerprint density at radius 2 is 2.05 bits per heavy atom. The zero-order valence-electron chi connectivity index (χ0n) is 11.3. The van der Waals surface area contributed by atoms with Crippen LogP contribution in [0.25, 0.3) is 0 Å². The van der Waals surface area contributed by atoms with E-state index in [4.69, 9.17) is 0 Å². The Balaban J connectivity index is 1.92. The summed E-state index contributed by atoms with van der Waals surface area (Å²) < 4.78 is 22.7. The van der Waals surface area contributed by atoms with Gasteiger partial charge in [-0.25, -0.2) is 13.4 Å². The molecule has 5 nitrogen and oxygen atoms in total. The first kappa shape index (κ1) is 14.3. The van der Waals surface area contributed by atoms with E-state index in [0.717, 1.165) is 31.0 Å². The molecule has 1 saturated heterocycles. The van der Waals surface area contributed by atoms with Crippen molar-refractivity contribution in [2.45, 2.75) is 19.9 Å². The van der Waals surface area contributed by atoms with Gasteiger partial charge in [-0.2, -0.15) is 0 Å². The molecule has 0 spiro atoms. The van der Waals surface area contributed by atoms with Gasteiger partial charge in [-0.3, -0.25) is 4.90 Å². The number of aromatic nitrogens is 1. The van der Waals surface area contributed by atoms with Crippen molar-refractivity contribution in [3.05, 3.63) is 23.9 Å². The van der Waals surface area contributed by atoms with Gasteiger partial charge in [0.25, 0.3) is 0 Å². The highest BCUT2D eigenvalue weighted by molar-refractivity contribution is 7.91. The minimum absolute atomic E-state index is 0.265. The zero-order valence-corrected chi connectivity index (χ0v) is 12.1. The number of rotatable bonds is 5. The van der Waals surface area contributed by atoms with Crippen molar-refractivity contribution in [3.63, 3.8) is 0 Å². The molecule has 2 rings (SSSR count). The molecule has 1 fully saturated rings. The van der Waals surface area contributed by atoms with E-state index in [0.29, 0.717) is 13.1 Å². The van der Waals surface area contributed by atoms with E-state index in [2.05, 4.69) is 22.1 Å². The quantitative estimate of drug-likeness (QED) is 0.878. The Kier molecular flexibility index (Phi) is 4.76. The molecule has 1 aliphatic rings. The molecule has 0 bridgehead atoms. The van der Waals surface area contributed by atoms with Gasteiger partial charge in [0.2, 0.25) is 0 Å². The number of hydrogen-bond acceptors (Lipinski definition) is 5. The van der Waals surface area contributed by atoms with E-state index in [1.807, 2.05) is 18.2 Å². The van der Waals surface area contributed by atoms with Crippen LogP contribution in [0.2, 0.25) is 0 Å². The van der Waals surface area contributed by atoms with Crippen LogP contribution in [0, 0.1) is 0 Å². The lowest BCUT2D eigenvalue weighted by atomic mass is 10.3. The summed E-state index contributed by atoms with van der Waals surface area (Å²) in [5, 5.41) is 3.26. The van der Waals surface area contributed by atoms with Crippen LogP contribution in [-0.4, -0.2) is 49.4 Å². The number of anilines is 1. The summed E-state index contributed by atoms with van der Waals surface area (Å²) in [6, 6.07) is 5.93. The molecule has 2 heterocycles.